The first-order valence-corrected chi connectivity index (χ1v) is 12.5. The summed E-state index contributed by atoms with van der Waals surface area (Å²) in [6, 6.07) is 5.87. The zero-order chi connectivity index (χ0) is 26.5. The lowest BCUT2D eigenvalue weighted by Gasteiger charge is -2.53. The first-order chi connectivity index (χ1) is 16.8. The molecule has 1 saturated heterocycles. The monoisotopic (exact) mass is 490 g/mol. The summed E-state index contributed by atoms with van der Waals surface area (Å²) in [4.78, 5) is 26.1. The molecule has 1 fully saturated rings. The van der Waals surface area contributed by atoms with Crippen LogP contribution >= 0.6 is 0 Å². The first kappa shape index (κ1) is 25.8. The van der Waals surface area contributed by atoms with Gasteiger partial charge in [-0.3, -0.25) is 9.69 Å². The number of anilines is 4. The van der Waals surface area contributed by atoms with Crippen molar-refractivity contribution in [3.63, 3.8) is 0 Å². The molecule has 0 radical (unpaired) electrons. The molecule has 8 heteroatoms. The molecule has 4 rings (SSSR count). The molecule has 2 N–H and O–H groups in total. The molecule has 0 atom stereocenters. The third-order valence-electron chi connectivity index (χ3n) is 7.54. The Labute approximate surface area is 214 Å². The van der Waals surface area contributed by atoms with Crippen LogP contribution in [0.2, 0.25) is 0 Å². The molecule has 1 amide bonds. The Morgan fingerprint density at radius 1 is 1.17 bits per heavy atom. The van der Waals surface area contributed by atoms with Crippen molar-refractivity contribution in [2.24, 2.45) is 0 Å². The number of rotatable bonds is 5. The lowest BCUT2D eigenvalue weighted by Crippen LogP contribution is -2.61. The van der Waals surface area contributed by atoms with Gasteiger partial charge >= 0.3 is 0 Å². The maximum Gasteiger partial charge on any atom is 0.270 e. The fourth-order valence-corrected chi connectivity index (χ4v) is 5.42. The van der Waals surface area contributed by atoms with Gasteiger partial charge in [-0.1, -0.05) is 5.92 Å². The predicted octanol–water partition coefficient (Wildman–Crippen LogP) is 4.79. The molecule has 0 saturated carbocycles. The Morgan fingerprint density at radius 2 is 1.83 bits per heavy atom. The largest absolute Gasteiger partial charge is 0.476 e. The summed E-state index contributed by atoms with van der Waals surface area (Å²) in [5.41, 5.74) is 1.28. The van der Waals surface area contributed by atoms with Crippen molar-refractivity contribution in [1.29, 1.82) is 0 Å². The quantitative estimate of drug-likeness (QED) is 0.583. The highest BCUT2D eigenvalue weighted by Crippen LogP contribution is 2.40. The van der Waals surface area contributed by atoms with E-state index in [-0.39, 0.29) is 23.0 Å². The standard InChI is InChI=1S/C28H38N6O2/c1-10-18-17-29-25(32-23(18)30-20-15-26(3,4)33(9)27(5,6)16-20)31-19-12-13-21-22(14-19)36-28(7,8)24(35)34(21)11-2/h1,12-14,17,20H,11,15-16H2,2-9H3,(H2,29,30,31,32). The number of likely N-dealkylation sites (tertiary alicyclic amines) is 1. The molecule has 36 heavy (non-hydrogen) atoms. The molecule has 0 unspecified atom stereocenters. The normalized spacial score (nSPS) is 20.8. The number of hydrogen-bond donors (Lipinski definition) is 2. The number of piperidine rings is 1. The van der Waals surface area contributed by atoms with E-state index in [9.17, 15) is 4.79 Å². The van der Waals surface area contributed by atoms with Crippen LogP contribution in [-0.4, -0.2) is 57.1 Å². The number of benzene rings is 1. The Bertz CT molecular complexity index is 1200. The summed E-state index contributed by atoms with van der Waals surface area (Å²) in [6.45, 7) is 15.2. The second-order valence-corrected chi connectivity index (χ2v) is 11.5. The third kappa shape index (κ3) is 4.72. The molecular formula is C28H38N6O2. The van der Waals surface area contributed by atoms with Gasteiger partial charge in [-0.2, -0.15) is 4.98 Å². The third-order valence-corrected chi connectivity index (χ3v) is 7.54. The van der Waals surface area contributed by atoms with Gasteiger partial charge in [0.05, 0.1) is 17.4 Å². The fraction of sp³-hybridized carbons (Fsp3) is 0.536. The summed E-state index contributed by atoms with van der Waals surface area (Å²) < 4.78 is 6.04. The number of carbonyl (C=O) groups is 1. The van der Waals surface area contributed by atoms with Crippen LogP contribution in [0.25, 0.3) is 0 Å². The summed E-state index contributed by atoms with van der Waals surface area (Å²) in [5, 5.41) is 6.88. The van der Waals surface area contributed by atoms with E-state index in [1.807, 2.05) is 25.1 Å². The van der Waals surface area contributed by atoms with Gasteiger partial charge in [0.25, 0.3) is 5.91 Å². The highest BCUT2D eigenvalue weighted by molar-refractivity contribution is 6.02. The number of nitrogens with one attached hydrogen (secondary N) is 2. The topological polar surface area (TPSA) is 82.6 Å². The molecule has 2 aliphatic rings. The molecule has 0 bridgehead atoms. The van der Waals surface area contributed by atoms with Crippen molar-refractivity contribution in [1.82, 2.24) is 14.9 Å². The van der Waals surface area contributed by atoms with E-state index in [4.69, 9.17) is 16.1 Å². The Hall–Kier alpha value is -3.31. The highest BCUT2D eigenvalue weighted by atomic mass is 16.5. The van der Waals surface area contributed by atoms with Crippen molar-refractivity contribution in [2.45, 2.75) is 84.0 Å². The molecule has 3 heterocycles. The minimum absolute atomic E-state index is 0.0362. The van der Waals surface area contributed by atoms with Gasteiger partial charge in [0.2, 0.25) is 5.95 Å². The molecule has 0 aliphatic carbocycles. The number of likely N-dealkylation sites (N-methyl/N-ethyl adjacent to an activating group) is 1. The van der Waals surface area contributed by atoms with Gasteiger partial charge in [-0.15, -0.1) is 6.42 Å². The van der Waals surface area contributed by atoms with Crippen molar-refractivity contribution < 1.29 is 9.53 Å². The van der Waals surface area contributed by atoms with Crippen molar-refractivity contribution in [2.75, 3.05) is 29.1 Å². The Kier molecular flexibility index (Phi) is 6.42. The average Bonchev–Trinajstić information content (AvgIpc) is 2.78. The molecule has 8 nitrogen and oxygen atoms in total. The zero-order valence-corrected chi connectivity index (χ0v) is 22.7. The second-order valence-electron chi connectivity index (χ2n) is 11.5. The zero-order valence-electron chi connectivity index (χ0n) is 22.7. The summed E-state index contributed by atoms with van der Waals surface area (Å²) in [7, 11) is 2.19. The van der Waals surface area contributed by atoms with Crippen LogP contribution in [0.1, 0.15) is 66.9 Å². The van der Waals surface area contributed by atoms with E-state index < -0.39 is 5.60 Å². The fourth-order valence-electron chi connectivity index (χ4n) is 5.42. The van der Waals surface area contributed by atoms with Gasteiger partial charge in [0.1, 0.15) is 11.6 Å². The van der Waals surface area contributed by atoms with Gasteiger partial charge in [0.15, 0.2) is 5.60 Å². The lowest BCUT2D eigenvalue weighted by atomic mass is 9.77. The SMILES string of the molecule is C#Cc1cnc(Nc2ccc3c(c2)OC(C)(C)C(=O)N3CC)nc1NC1CC(C)(C)N(C)C(C)(C)C1. The van der Waals surface area contributed by atoms with E-state index in [1.165, 1.54) is 0 Å². The number of fused-ring (bicyclic) bond motifs is 1. The molecule has 1 aromatic carbocycles. The summed E-state index contributed by atoms with van der Waals surface area (Å²) in [6.07, 6.45) is 9.38. The van der Waals surface area contributed by atoms with E-state index in [0.29, 0.717) is 29.6 Å². The van der Waals surface area contributed by atoms with Crippen LogP contribution in [0.5, 0.6) is 5.75 Å². The van der Waals surface area contributed by atoms with Crippen LogP contribution in [-0.2, 0) is 4.79 Å². The van der Waals surface area contributed by atoms with E-state index in [0.717, 1.165) is 24.2 Å². The molecule has 192 valence electrons. The van der Waals surface area contributed by atoms with E-state index >= 15 is 0 Å². The molecule has 2 aromatic rings. The van der Waals surface area contributed by atoms with Gasteiger partial charge in [-0.25, -0.2) is 4.98 Å². The Balaban J connectivity index is 1.58. The number of nitrogens with zero attached hydrogens (tertiary/aromatic N) is 4. The minimum atomic E-state index is -0.931. The second kappa shape index (κ2) is 8.97. The van der Waals surface area contributed by atoms with Crippen LogP contribution in [0.4, 0.5) is 23.1 Å². The van der Waals surface area contributed by atoms with E-state index in [2.05, 4.69) is 61.2 Å². The predicted molar refractivity (Wildman–Crippen MR) is 145 cm³/mol. The van der Waals surface area contributed by atoms with E-state index in [1.54, 1.807) is 24.9 Å². The molecule has 0 spiro atoms. The number of carbonyl (C=O) groups excluding carboxylic acids is 1. The van der Waals surface area contributed by atoms with Crippen molar-refractivity contribution in [3.8, 4) is 18.1 Å². The summed E-state index contributed by atoms with van der Waals surface area (Å²) in [5.74, 6) is 4.37. The van der Waals surface area contributed by atoms with Crippen molar-refractivity contribution >= 4 is 29.0 Å². The summed E-state index contributed by atoms with van der Waals surface area (Å²) >= 11 is 0. The molecular weight excluding hydrogens is 452 g/mol. The van der Waals surface area contributed by atoms with Crippen LogP contribution in [0.15, 0.2) is 24.4 Å². The molecule has 1 aromatic heterocycles. The number of amides is 1. The smallest absolute Gasteiger partial charge is 0.270 e. The van der Waals surface area contributed by atoms with Gasteiger partial charge in [-0.05, 0) is 80.5 Å². The van der Waals surface area contributed by atoms with Gasteiger partial charge in [0, 0.05) is 35.4 Å². The number of terminal acetylenes is 1. The van der Waals surface area contributed by atoms with Crippen molar-refractivity contribution in [3.05, 3.63) is 30.0 Å². The maximum absolute atomic E-state index is 12.7. The lowest BCUT2D eigenvalue weighted by molar-refractivity contribution is -0.132. The number of hydrogen-bond acceptors (Lipinski definition) is 7. The highest BCUT2D eigenvalue weighted by Gasteiger charge is 2.43. The van der Waals surface area contributed by atoms with Crippen LogP contribution < -0.4 is 20.3 Å². The van der Waals surface area contributed by atoms with Gasteiger partial charge < -0.3 is 20.3 Å². The first-order valence-electron chi connectivity index (χ1n) is 12.5. The number of aromatic nitrogens is 2. The minimum Gasteiger partial charge on any atom is -0.476 e. The average molecular weight is 491 g/mol. The Morgan fingerprint density at radius 3 is 2.44 bits per heavy atom. The van der Waals surface area contributed by atoms with Crippen LogP contribution in [0.3, 0.4) is 0 Å². The molecule has 2 aliphatic heterocycles. The number of ether oxygens (including phenoxy) is 1. The van der Waals surface area contributed by atoms with Crippen LogP contribution in [0, 0.1) is 12.3 Å². The maximum atomic E-state index is 12.7.